The average Bonchev–Trinajstić information content (AvgIpc) is 3.98. The molecule has 0 saturated carbocycles. The molecule has 0 amide bonds. The van der Waals surface area contributed by atoms with Gasteiger partial charge in [0.15, 0.2) is 16.1 Å². The first-order chi connectivity index (χ1) is 38.6. The zero-order valence-corrected chi connectivity index (χ0v) is 45.5. The monoisotopic (exact) mass is 1030 g/mol. The van der Waals surface area contributed by atoms with E-state index in [1.165, 1.54) is 63.3 Å². The molecule has 1 aromatic heterocycles. The van der Waals surface area contributed by atoms with E-state index >= 15 is 0 Å². The molecule has 0 unspecified atom stereocenters. The molecule has 5 heteroatoms. The van der Waals surface area contributed by atoms with Gasteiger partial charge >= 0.3 is 0 Å². The SMILES string of the molecule is Cn1c2cc(N(c3ccccc3)c3ccc([Si](c4ccccc4)(c4ccccc4)c4ccccc4)cc3)ccc2c2ccc(N(c3ccccc3)c3ccc([Si](c4ccccc4)(c4ccccc4)c4ccccc4)cc3)cc21. The summed E-state index contributed by atoms with van der Waals surface area (Å²) < 4.78 is 2.37. The minimum Gasteiger partial charge on any atom is -0.343 e. The van der Waals surface area contributed by atoms with Gasteiger partial charge in [0.05, 0.1) is 11.0 Å². The largest absolute Gasteiger partial charge is 0.343 e. The molecule has 0 spiro atoms. The molecular weight excluding hydrogens is 975 g/mol. The first-order valence-corrected chi connectivity index (χ1v) is 30.9. The van der Waals surface area contributed by atoms with E-state index in [1.54, 1.807) is 0 Å². The molecule has 0 N–H and O–H groups in total. The summed E-state index contributed by atoms with van der Waals surface area (Å²) in [5.74, 6) is 0. The molecule has 13 aromatic rings. The molecule has 3 nitrogen and oxygen atoms in total. The van der Waals surface area contributed by atoms with Gasteiger partial charge in [-0.15, -0.1) is 0 Å². The third-order valence-corrected chi connectivity index (χ3v) is 25.5. The van der Waals surface area contributed by atoms with Gasteiger partial charge in [-0.05, 0) is 114 Å². The Morgan fingerprint density at radius 2 is 0.423 bits per heavy atom. The molecule has 0 bridgehead atoms. The van der Waals surface area contributed by atoms with E-state index in [0.717, 1.165) is 34.1 Å². The van der Waals surface area contributed by atoms with E-state index < -0.39 is 16.1 Å². The lowest BCUT2D eigenvalue weighted by atomic mass is 10.1. The van der Waals surface area contributed by atoms with Gasteiger partial charge in [0.1, 0.15) is 0 Å². The number of anilines is 6. The van der Waals surface area contributed by atoms with Crippen LogP contribution in [0.5, 0.6) is 0 Å². The molecule has 0 saturated heterocycles. The third-order valence-electron chi connectivity index (χ3n) is 15.9. The predicted molar refractivity (Wildman–Crippen MR) is 337 cm³/mol. The molecule has 0 aliphatic heterocycles. The van der Waals surface area contributed by atoms with Crippen LogP contribution in [0.1, 0.15) is 0 Å². The molecule has 0 radical (unpaired) electrons. The van der Waals surface area contributed by atoms with Gasteiger partial charge in [-0.1, -0.05) is 255 Å². The second-order valence-corrected chi connectivity index (χ2v) is 27.7. The van der Waals surface area contributed by atoms with Gasteiger partial charge in [-0.3, -0.25) is 0 Å². The van der Waals surface area contributed by atoms with Crippen LogP contribution in [0.4, 0.5) is 34.1 Å². The van der Waals surface area contributed by atoms with Crippen LogP contribution in [-0.4, -0.2) is 20.7 Å². The van der Waals surface area contributed by atoms with Crippen LogP contribution < -0.4 is 51.3 Å². The van der Waals surface area contributed by atoms with Gasteiger partial charge in [-0.2, -0.15) is 0 Å². The van der Waals surface area contributed by atoms with E-state index in [9.17, 15) is 0 Å². The molecule has 78 heavy (non-hydrogen) atoms. The Labute approximate surface area is 459 Å². The van der Waals surface area contributed by atoms with Crippen molar-refractivity contribution in [2.45, 2.75) is 0 Å². The molecule has 0 aliphatic carbocycles. The van der Waals surface area contributed by atoms with E-state index in [1.807, 2.05) is 0 Å². The lowest BCUT2D eigenvalue weighted by Gasteiger charge is -2.35. The Hall–Kier alpha value is -9.53. The lowest BCUT2D eigenvalue weighted by Crippen LogP contribution is -2.74. The highest BCUT2D eigenvalue weighted by atomic mass is 28.3. The molecule has 12 aromatic carbocycles. The quantitative estimate of drug-likeness (QED) is 0.0794. The van der Waals surface area contributed by atoms with Crippen molar-refractivity contribution in [1.82, 2.24) is 4.57 Å². The number of rotatable bonds is 14. The molecule has 0 atom stereocenters. The highest BCUT2D eigenvalue weighted by Crippen LogP contribution is 2.41. The third kappa shape index (κ3) is 8.37. The van der Waals surface area contributed by atoms with Crippen molar-refractivity contribution in [2.24, 2.45) is 7.05 Å². The zero-order chi connectivity index (χ0) is 52.3. The Bertz CT molecular complexity index is 3640. The van der Waals surface area contributed by atoms with Crippen LogP contribution >= 0.6 is 0 Å². The topological polar surface area (TPSA) is 11.4 Å². The van der Waals surface area contributed by atoms with Crippen molar-refractivity contribution in [1.29, 1.82) is 0 Å². The van der Waals surface area contributed by atoms with E-state index in [2.05, 4.69) is 349 Å². The maximum atomic E-state index is 2.40. The Balaban J connectivity index is 0.909. The second-order valence-electron chi connectivity index (χ2n) is 20.1. The smallest absolute Gasteiger partial charge is 0.179 e. The molecule has 1 heterocycles. The van der Waals surface area contributed by atoms with Gasteiger partial charge < -0.3 is 14.4 Å². The normalized spacial score (nSPS) is 11.7. The summed E-state index contributed by atoms with van der Waals surface area (Å²) in [5, 5.41) is 13.3. The summed E-state index contributed by atoms with van der Waals surface area (Å²) in [6.45, 7) is 0. The summed E-state index contributed by atoms with van der Waals surface area (Å²) in [5.41, 5.74) is 8.93. The number of aromatic nitrogens is 1. The van der Waals surface area contributed by atoms with Crippen LogP contribution in [0.2, 0.25) is 0 Å². The Morgan fingerprint density at radius 1 is 0.218 bits per heavy atom. The predicted octanol–water partition coefficient (Wildman–Crippen LogP) is 13.0. The number of hydrogen-bond acceptors (Lipinski definition) is 2. The van der Waals surface area contributed by atoms with Crippen LogP contribution in [0.25, 0.3) is 21.8 Å². The average molecular weight is 1030 g/mol. The first-order valence-electron chi connectivity index (χ1n) is 26.9. The molecule has 0 fully saturated rings. The van der Waals surface area contributed by atoms with E-state index in [4.69, 9.17) is 0 Å². The van der Waals surface area contributed by atoms with Gasteiger partial charge in [-0.25, -0.2) is 0 Å². The van der Waals surface area contributed by atoms with Crippen molar-refractivity contribution in [3.8, 4) is 0 Å². The van der Waals surface area contributed by atoms with Crippen LogP contribution in [-0.2, 0) is 7.05 Å². The maximum Gasteiger partial charge on any atom is 0.179 e. The fourth-order valence-electron chi connectivity index (χ4n) is 12.4. The van der Waals surface area contributed by atoms with E-state index in [-0.39, 0.29) is 0 Å². The fourth-order valence-corrected chi connectivity index (χ4v) is 21.8. The maximum absolute atomic E-state index is 2.71. The molecule has 0 aliphatic rings. The van der Waals surface area contributed by atoms with Crippen LogP contribution in [0.3, 0.4) is 0 Å². The molecule has 13 rings (SSSR count). The van der Waals surface area contributed by atoms with Crippen molar-refractivity contribution in [3.05, 3.63) is 328 Å². The van der Waals surface area contributed by atoms with Crippen molar-refractivity contribution >= 4 is 114 Å². The van der Waals surface area contributed by atoms with Gasteiger partial charge in [0.2, 0.25) is 0 Å². The number of fused-ring (bicyclic) bond motifs is 3. The minimum absolute atomic E-state index is 1.09. The highest BCUT2D eigenvalue weighted by Gasteiger charge is 2.42. The van der Waals surface area contributed by atoms with E-state index in [0.29, 0.717) is 0 Å². The summed E-state index contributed by atoms with van der Waals surface area (Å²) in [7, 11) is -3.20. The number of para-hydroxylation sites is 2. The first kappa shape index (κ1) is 48.1. The second kappa shape index (κ2) is 20.9. The standard InChI is InChI=1S/C73H57N3Si2/c1-74-72-54-60(75(56-26-10-2-11-27-56)58-42-48-68(49-43-58)77(62-30-14-4-15-31-62,63-32-16-5-17-33-63)64-34-18-6-19-35-64)46-52-70(72)71-53-47-61(55-73(71)74)76(57-28-12-3-13-29-57)59-44-50-69(51-45-59)78(65-36-20-7-21-37-65,66-38-22-8-23-39-66)67-40-24-9-25-41-67/h2-55H,1H3. The fraction of sp³-hybridized carbons (Fsp3) is 0.0137. The minimum atomic E-state index is -2.71. The summed E-state index contributed by atoms with van der Waals surface area (Å²) in [4.78, 5) is 4.80. The van der Waals surface area contributed by atoms with Gasteiger partial charge in [0.25, 0.3) is 0 Å². The summed E-state index contributed by atoms with van der Waals surface area (Å²) in [6, 6.07) is 121. The number of nitrogens with zero attached hydrogens (tertiary/aromatic N) is 3. The van der Waals surface area contributed by atoms with Crippen LogP contribution in [0, 0.1) is 0 Å². The van der Waals surface area contributed by atoms with Crippen molar-refractivity contribution in [2.75, 3.05) is 9.80 Å². The molecule has 372 valence electrons. The van der Waals surface area contributed by atoms with Crippen LogP contribution in [0.15, 0.2) is 328 Å². The Kier molecular flexibility index (Phi) is 12.9. The van der Waals surface area contributed by atoms with Crippen molar-refractivity contribution < 1.29 is 0 Å². The zero-order valence-electron chi connectivity index (χ0n) is 43.5. The number of aryl methyl sites for hydroxylation is 1. The van der Waals surface area contributed by atoms with Gasteiger partial charge in [0, 0.05) is 51.9 Å². The number of hydrogen-bond donors (Lipinski definition) is 0. The summed E-state index contributed by atoms with van der Waals surface area (Å²) in [6.07, 6.45) is 0. The lowest BCUT2D eigenvalue weighted by molar-refractivity contribution is 1.01. The van der Waals surface area contributed by atoms with Crippen molar-refractivity contribution in [3.63, 3.8) is 0 Å². The number of benzene rings is 12. The summed E-state index contributed by atoms with van der Waals surface area (Å²) >= 11 is 0. The highest BCUT2D eigenvalue weighted by molar-refractivity contribution is 7.20. The molecular formula is C73H57N3Si2. The Morgan fingerprint density at radius 3 is 0.679 bits per heavy atom.